The number of fused-ring (bicyclic) bond motifs is 1. The first-order valence-electron chi connectivity index (χ1n) is 8.61. The Balaban J connectivity index is 1.97. The second-order valence-electron chi connectivity index (χ2n) is 6.51. The van der Waals surface area contributed by atoms with Crippen molar-refractivity contribution in [2.75, 3.05) is 18.0 Å². The number of piperidine rings is 1. The summed E-state index contributed by atoms with van der Waals surface area (Å²) in [4.78, 5) is 18.5. The fourth-order valence-electron chi connectivity index (χ4n) is 3.62. The van der Waals surface area contributed by atoms with E-state index in [9.17, 15) is 4.79 Å². The van der Waals surface area contributed by atoms with E-state index in [1.54, 1.807) is 6.20 Å². The molecule has 3 aromatic rings. The molecule has 1 saturated heterocycles. The largest absolute Gasteiger partial charge is 0.371 e. The van der Waals surface area contributed by atoms with E-state index in [-0.39, 0.29) is 0 Å². The smallest absolute Gasteiger partial charge is 0.267 e. The van der Waals surface area contributed by atoms with Gasteiger partial charge in [0.1, 0.15) is 5.69 Å². The summed E-state index contributed by atoms with van der Waals surface area (Å²) in [5.41, 5.74) is 9.78. The highest BCUT2D eigenvalue weighted by Crippen LogP contribution is 2.37. The Morgan fingerprint density at radius 1 is 1.16 bits per heavy atom. The van der Waals surface area contributed by atoms with Crippen LogP contribution in [0, 0.1) is 0 Å². The summed E-state index contributed by atoms with van der Waals surface area (Å²) in [6, 6.07) is 8.02. The van der Waals surface area contributed by atoms with Gasteiger partial charge < -0.3 is 10.6 Å². The highest BCUT2D eigenvalue weighted by atomic mass is 16.1. The molecule has 3 heterocycles. The lowest BCUT2D eigenvalue weighted by molar-refractivity contribution is 0.0996. The molecule has 6 heteroatoms. The number of benzene rings is 1. The Hall–Kier alpha value is -2.89. The normalized spacial score (nSPS) is 14.8. The van der Waals surface area contributed by atoms with Gasteiger partial charge in [-0.2, -0.15) is 5.10 Å². The van der Waals surface area contributed by atoms with E-state index in [2.05, 4.69) is 27.1 Å². The molecule has 0 atom stereocenters. The third kappa shape index (κ3) is 2.73. The van der Waals surface area contributed by atoms with E-state index in [1.165, 1.54) is 19.3 Å². The van der Waals surface area contributed by atoms with Crippen LogP contribution in [0.1, 0.15) is 29.8 Å². The lowest BCUT2D eigenvalue weighted by Crippen LogP contribution is -2.30. The Morgan fingerprint density at radius 2 is 1.96 bits per heavy atom. The van der Waals surface area contributed by atoms with Crippen molar-refractivity contribution in [3.8, 4) is 11.1 Å². The van der Waals surface area contributed by atoms with Crippen LogP contribution in [0.5, 0.6) is 0 Å². The molecule has 1 aliphatic rings. The molecule has 1 fully saturated rings. The molecule has 6 nitrogen and oxygen atoms in total. The number of carbonyl (C=O) groups is 1. The van der Waals surface area contributed by atoms with E-state index in [1.807, 2.05) is 30.1 Å². The molecule has 2 N–H and O–H groups in total. The minimum atomic E-state index is -0.509. The zero-order valence-corrected chi connectivity index (χ0v) is 14.3. The standard InChI is InChI=1S/C19H21N5O/c1-23-16-11-15(14-6-5-7-21-18(14)19(20)25)17(10-13(16)12-22-23)24-8-3-2-4-9-24/h5-7,10-12H,2-4,8-9H2,1H3,(H2,20,25). The monoisotopic (exact) mass is 335 g/mol. The minimum absolute atomic E-state index is 0.308. The summed E-state index contributed by atoms with van der Waals surface area (Å²) in [5, 5.41) is 5.46. The fourth-order valence-corrected chi connectivity index (χ4v) is 3.62. The van der Waals surface area contributed by atoms with Crippen LogP contribution in [0.2, 0.25) is 0 Å². The molecule has 0 radical (unpaired) electrons. The Bertz CT molecular complexity index is 940. The Kier molecular flexibility index (Phi) is 3.87. The maximum absolute atomic E-state index is 11.9. The number of carbonyl (C=O) groups excluding carboxylic acids is 1. The van der Waals surface area contributed by atoms with Crippen LogP contribution in [-0.4, -0.2) is 33.8 Å². The van der Waals surface area contributed by atoms with Crippen LogP contribution in [-0.2, 0) is 7.05 Å². The third-order valence-corrected chi connectivity index (χ3v) is 4.89. The van der Waals surface area contributed by atoms with Crippen molar-refractivity contribution in [1.82, 2.24) is 14.8 Å². The molecule has 128 valence electrons. The topological polar surface area (TPSA) is 77.0 Å². The molecule has 0 unspecified atom stereocenters. The number of pyridine rings is 1. The summed E-state index contributed by atoms with van der Waals surface area (Å²) in [5.74, 6) is -0.509. The molecular weight excluding hydrogens is 314 g/mol. The average Bonchev–Trinajstić information content (AvgIpc) is 3.01. The third-order valence-electron chi connectivity index (χ3n) is 4.89. The van der Waals surface area contributed by atoms with Gasteiger partial charge in [-0.15, -0.1) is 0 Å². The predicted molar refractivity (Wildman–Crippen MR) is 98.5 cm³/mol. The quantitative estimate of drug-likeness (QED) is 0.798. The maximum atomic E-state index is 11.9. The van der Waals surface area contributed by atoms with Gasteiger partial charge in [0.25, 0.3) is 5.91 Å². The zero-order chi connectivity index (χ0) is 17.4. The van der Waals surface area contributed by atoms with Crippen molar-refractivity contribution in [3.63, 3.8) is 0 Å². The van der Waals surface area contributed by atoms with E-state index in [0.29, 0.717) is 5.69 Å². The molecule has 0 bridgehead atoms. The number of aromatic nitrogens is 3. The van der Waals surface area contributed by atoms with Crippen LogP contribution in [0.25, 0.3) is 22.0 Å². The number of hydrogen-bond donors (Lipinski definition) is 1. The molecule has 0 saturated carbocycles. The Labute approximate surface area is 146 Å². The first-order valence-corrected chi connectivity index (χ1v) is 8.61. The Morgan fingerprint density at radius 3 is 2.72 bits per heavy atom. The van der Waals surface area contributed by atoms with Gasteiger partial charge >= 0.3 is 0 Å². The number of hydrogen-bond acceptors (Lipinski definition) is 4. The van der Waals surface area contributed by atoms with Gasteiger partial charge in [0, 0.05) is 48.5 Å². The summed E-state index contributed by atoms with van der Waals surface area (Å²) >= 11 is 0. The van der Waals surface area contributed by atoms with Crippen LogP contribution < -0.4 is 10.6 Å². The SMILES string of the molecule is Cn1ncc2cc(N3CCCCC3)c(-c3cccnc3C(N)=O)cc21. The lowest BCUT2D eigenvalue weighted by atomic mass is 9.98. The second kappa shape index (κ2) is 6.20. The number of nitrogens with zero attached hydrogens (tertiary/aromatic N) is 4. The first-order chi connectivity index (χ1) is 12.1. The van der Waals surface area contributed by atoms with Gasteiger partial charge in [-0.25, -0.2) is 0 Å². The van der Waals surface area contributed by atoms with Gasteiger partial charge in [0.05, 0.1) is 11.7 Å². The maximum Gasteiger partial charge on any atom is 0.267 e. The number of aryl methyl sites for hydroxylation is 1. The van der Waals surface area contributed by atoms with E-state index in [4.69, 9.17) is 5.73 Å². The molecule has 1 aromatic carbocycles. The molecule has 0 aliphatic carbocycles. The van der Waals surface area contributed by atoms with Crippen LogP contribution in [0.3, 0.4) is 0 Å². The summed E-state index contributed by atoms with van der Waals surface area (Å²) < 4.78 is 1.85. The molecule has 4 rings (SSSR count). The van der Waals surface area contributed by atoms with Gasteiger partial charge in [-0.3, -0.25) is 14.5 Å². The number of nitrogens with two attached hydrogens (primary N) is 1. The first kappa shape index (κ1) is 15.6. The zero-order valence-electron chi connectivity index (χ0n) is 14.3. The average molecular weight is 335 g/mol. The molecule has 2 aromatic heterocycles. The van der Waals surface area contributed by atoms with E-state index < -0.39 is 5.91 Å². The second-order valence-corrected chi connectivity index (χ2v) is 6.51. The van der Waals surface area contributed by atoms with Crippen molar-refractivity contribution < 1.29 is 4.79 Å². The predicted octanol–water partition coefficient (Wildman–Crippen LogP) is 2.72. The van der Waals surface area contributed by atoms with Crippen molar-refractivity contribution in [2.45, 2.75) is 19.3 Å². The molecule has 1 amide bonds. The summed E-state index contributed by atoms with van der Waals surface area (Å²) in [6.45, 7) is 2.04. The number of primary amides is 1. The number of anilines is 1. The van der Waals surface area contributed by atoms with E-state index in [0.717, 1.165) is 40.8 Å². The van der Waals surface area contributed by atoms with Crippen LogP contribution in [0.15, 0.2) is 36.7 Å². The fraction of sp³-hybridized carbons (Fsp3) is 0.316. The van der Waals surface area contributed by atoms with Gasteiger partial charge in [-0.1, -0.05) is 6.07 Å². The highest BCUT2D eigenvalue weighted by molar-refractivity contribution is 6.02. The molecular formula is C19H21N5O. The lowest BCUT2D eigenvalue weighted by Gasteiger charge is -2.31. The minimum Gasteiger partial charge on any atom is -0.371 e. The number of rotatable bonds is 3. The van der Waals surface area contributed by atoms with Crippen molar-refractivity contribution >= 4 is 22.5 Å². The van der Waals surface area contributed by atoms with Crippen LogP contribution >= 0.6 is 0 Å². The van der Waals surface area contributed by atoms with E-state index >= 15 is 0 Å². The molecule has 1 aliphatic heterocycles. The van der Waals surface area contributed by atoms with Gasteiger partial charge in [0.2, 0.25) is 0 Å². The molecule has 25 heavy (non-hydrogen) atoms. The highest BCUT2D eigenvalue weighted by Gasteiger charge is 2.21. The molecule has 0 spiro atoms. The van der Waals surface area contributed by atoms with Crippen molar-refractivity contribution in [3.05, 3.63) is 42.4 Å². The van der Waals surface area contributed by atoms with Crippen molar-refractivity contribution in [2.24, 2.45) is 12.8 Å². The summed E-state index contributed by atoms with van der Waals surface area (Å²) in [6.07, 6.45) is 7.11. The number of amides is 1. The summed E-state index contributed by atoms with van der Waals surface area (Å²) in [7, 11) is 1.92. The van der Waals surface area contributed by atoms with Gasteiger partial charge in [-0.05, 0) is 37.5 Å². The van der Waals surface area contributed by atoms with Crippen molar-refractivity contribution in [1.29, 1.82) is 0 Å². The van der Waals surface area contributed by atoms with Gasteiger partial charge in [0.15, 0.2) is 0 Å². The van der Waals surface area contributed by atoms with Crippen LogP contribution in [0.4, 0.5) is 5.69 Å².